The molecular weight excluding hydrogens is 544 g/mol. The summed E-state index contributed by atoms with van der Waals surface area (Å²) < 4.78 is 11.8. The fourth-order valence-corrected chi connectivity index (χ4v) is 4.06. The van der Waals surface area contributed by atoms with Crippen molar-refractivity contribution in [1.29, 1.82) is 0 Å². The number of nitrogens with zero attached hydrogens (tertiary/aromatic N) is 1. The molecule has 0 atom stereocenters. The van der Waals surface area contributed by atoms with Crippen molar-refractivity contribution in [3.05, 3.63) is 93.5 Å². The summed E-state index contributed by atoms with van der Waals surface area (Å²) in [5, 5.41) is 11.2. The van der Waals surface area contributed by atoms with Gasteiger partial charge >= 0.3 is 12.0 Å². The third-order valence-electron chi connectivity index (χ3n) is 5.37. The van der Waals surface area contributed by atoms with Crippen molar-refractivity contribution in [3.8, 4) is 11.5 Å². The number of hydrogen-bond acceptors (Lipinski definition) is 6. The number of amides is 4. The number of carboxylic acids is 1. The van der Waals surface area contributed by atoms with E-state index < -0.39 is 23.8 Å². The van der Waals surface area contributed by atoms with Crippen LogP contribution in [0.4, 0.5) is 10.5 Å². The molecule has 2 N–H and O–H groups in total. The quantitative estimate of drug-likeness (QED) is 0.298. The topological polar surface area (TPSA) is 122 Å². The van der Waals surface area contributed by atoms with Gasteiger partial charge in [-0.05, 0) is 88.6 Å². The number of benzene rings is 3. The van der Waals surface area contributed by atoms with Gasteiger partial charge in [-0.25, -0.2) is 14.5 Å². The minimum Gasteiger partial charge on any atom is -0.494 e. The van der Waals surface area contributed by atoms with E-state index in [9.17, 15) is 19.2 Å². The van der Waals surface area contributed by atoms with E-state index in [1.165, 1.54) is 18.2 Å². The predicted octanol–water partition coefficient (Wildman–Crippen LogP) is 4.79. The average Bonchev–Trinajstić information content (AvgIpc) is 2.87. The fraction of sp³-hybridized carbons (Fsp3) is 0.111. The van der Waals surface area contributed by atoms with Crippen LogP contribution in [0.2, 0.25) is 0 Å². The smallest absolute Gasteiger partial charge is 0.335 e. The highest BCUT2D eigenvalue weighted by Gasteiger charge is 2.36. The van der Waals surface area contributed by atoms with Gasteiger partial charge in [0.25, 0.3) is 11.8 Å². The maximum atomic E-state index is 13.1. The SMILES string of the molecule is CCOc1ccc(N2C(=O)NC(=O)/C(=C\c3ccc(OCc4ccc(C(=O)O)cc4)c(Br)c3)C2=O)cc1. The van der Waals surface area contributed by atoms with Gasteiger partial charge < -0.3 is 14.6 Å². The largest absolute Gasteiger partial charge is 0.494 e. The fourth-order valence-electron chi connectivity index (χ4n) is 3.55. The number of ether oxygens (including phenoxy) is 2. The number of anilines is 1. The van der Waals surface area contributed by atoms with Crippen LogP contribution in [0.5, 0.6) is 11.5 Å². The van der Waals surface area contributed by atoms with Crippen LogP contribution in [0.15, 0.2) is 76.8 Å². The molecule has 9 nitrogen and oxygen atoms in total. The number of nitrogens with one attached hydrogen (secondary N) is 1. The van der Waals surface area contributed by atoms with E-state index in [1.54, 1.807) is 54.6 Å². The van der Waals surface area contributed by atoms with Crippen LogP contribution < -0.4 is 19.7 Å². The molecule has 0 aliphatic carbocycles. The molecule has 1 saturated heterocycles. The molecule has 37 heavy (non-hydrogen) atoms. The molecule has 188 valence electrons. The van der Waals surface area contributed by atoms with E-state index in [2.05, 4.69) is 21.2 Å². The Hall–Kier alpha value is -4.44. The number of hydrogen-bond donors (Lipinski definition) is 2. The van der Waals surface area contributed by atoms with Gasteiger partial charge in [0.1, 0.15) is 23.7 Å². The summed E-state index contributed by atoms with van der Waals surface area (Å²) in [6.07, 6.45) is 1.39. The van der Waals surface area contributed by atoms with Crippen molar-refractivity contribution < 1.29 is 33.8 Å². The van der Waals surface area contributed by atoms with Crippen LogP contribution >= 0.6 is 15.9 Å². The molecule has 0 radical (unpaired) electrons. The highest BCUT2D eigenvalue weighted by atomic mass is 79.9. The van der Waals surface area contributed by atoms with Crippen molar-refractivity contribution in [3.63, 3.8) is 0 Å². The van der Waals surface area contributed by atoms with Crippen LogP contribution in [0, 0.1) is 0 Å². The molecule has 3 aromatic carbocycles. The Kier molecular flexibility index (Phi) is 7.69. The second-order valence-corrected chi connectivity index (χ2v) is 8.72. The van der Waals surface area contributed by atoms with Crippen molar-refractivity contribution in [2.45, 2.75) is 13.5 Å². The highest BCUT2D eigenvalue weighted by Crippen LogP contribution is 2.29. The standard InChI is InChI=1S/C27H21BrN2O7/c1-2-36-20-10-8-19(9-11-20)30-25(32)21(24(31)29-27(30)35)13-17-5-12-23(22(28)14-17)37-15-16-3-6-18(7-4-16)26(33)34/h3-14H,2,15H2,1H3,(H,33,34)(H,29,31,35)/b21-13+. The van der Waals surface area contributed by atoms with E-state index >= 15 is 0 Å². The van der Waals surface area contributed by atoms with Crippen molar-refractivity contribution in [2.24, 2.45) is 0 Å². The number of carbonyl (C=O) groups excluding carboxylic acids is 3. The minimum absolute atomic E-state index is 0.186. The molecule has 1 aliphatic heterocycles. The molecular formula is C27H21BrN2O7. The molecule has 10 heteroatoms. The maximum absolute atomic E-state index is 13.1. The number of rotatable bonds is 8. The first-order valence-corrected chi connectivity index (χ1v) is 11.9. The number of urea groups is 1. The summed E-state index contributed by atoms with van der Waals surface area (Å²) in [6, 6.07) is 16.9. The lowest BCUT2D eigenvalue weighted by Crippen LogP contribution is -2.54. The predicted molar refractivity (Wildman–Crippen MR) is 138 cm³/mol. The summed E-state index contributed by atoms with van der Waals surface area (Å²) in [7, 11) is 0. The van der Waals surface area contributed by atoms with Crippen molar-refractivity contribution in [2.75, 3.05) is 11.5 Å². The molecule has 3 aromatic rings. The zero-order chi connectivity index (χ0) is 26.5. The van der Waals surface area contributed by atoms with Crippen LogP contribution in [0.25, 0.3) is 6.08 Å². The minimum atomic E-state index is -1.00. The monoisotopic (exact) mass is 564 g/mol. The zero-order valence-electron chi connectivity index (χ0n) is 19.6. The molecule has 4 amide bonds. The third-order valence-corrected chi connectivity index (χ3v) is 5.99. The van der Waals surface area contributed by atoms with Gasteiger partial charge in [-0.2, -0.15) is 0 Å². The summed E-state index contributed by atoms with van der Waals surface area (Å²) in [6.45, 7) is 2.53. The van der Waals surface area contributed by atoms with Gasteiger partial charge in [0, 0.05) is 0 Å². The molecule has 0 spiro atoms. The Bertz CT molecular complexity index is 1400. The summed E-state index contributed by atoms with van der Waals surface area (Å²) in [5.41, 5.74) is 1.60. The van der Waals surface area contributed by atoms with E-state index in [0.29, 0.717) is 33.8 Å². The van der Waals surface area contributed by atoms with E-state index in [-0.39, 0.29) is 17.7 Å². The zero-order valence-corrected chi connectivity index (χ0v) is 21.2. The first-order valence-electron chi connectivity index (χ1n) is 11.2. The summed E-state index contributed by atoms with van der Waals surface area (Å²) in [5.74, 6) is -1.45. The molecule has 1 aliphatic rings. The lowest BCUT2D eigenvalue weighted by Gasteiger charge is -2.26. The Morgan fingerprint density at radius 2 is 1.70 bits per heavy atom. The molecule has 1 heterocycles. The number of aromatic carboxylic acids is 1. The lowest BCUT2D eigenvalue weighted by atomic mass is 10.1. The van der Waals surface area contributed by atoms with Crippen LogP contribution in [0.3, 0.4) is 0 Å². The number of halogens is 1. The Labute approximate surface area is 220 Å². The first kappa shape index (κ1) is 25.6. The molecule has 0 unspecified atom stereocenters. The van der Waals surface area contributed by atoms with E-state index in [0.717, 1.165) is 10.5 Å². The second kappa shape index (κ2) is 11.1. The Balaban J connectivity index is 1.51. The third kappa shape index (κ3) is 5.87. The summed E-state index contributed by atoms with van der Waals surface area (Å²) >= 11 is 3.43. The lowest BCUT2D eigenvalue weighted by molar-refractivity contribution is -0.122. The van der Waals surface area contributed by atoms with Crippen molar-refractivity contribution >= 4 is 51.5 Å². The normalized spacial score (nSPS) is 14.5. The molecule has 0 bridgehead atoms. The van der Waals surface area contributed by atoms with Gasteiger partial charge in [-0.1, -0.05) is 18.2 Å². The molecule has 4 rings (SSSR count). The number of carboxylic acid groups (broad SMARTS) is 1. The summed E-state index contributed by atoms with van der Waals surface area (Å²) in [4.78, 5) is 49.9. The molecule has 1 fully saturated rings. The van der Waals surface area contributed by atoms with Gasteiger partial charge in [-0.15, -0.1) is 0 Å². The van der Waals surface area contributed by atoms with Crippen molar-refractivity contribution in [1.82, 2.24) is 5.32 Å². The van der Waals surface area contributed by atoms with Gasteiger partial charge in [0.15, 0.2) is 0 Å². The van der Waals surface area contributed by atoms with Gasteiger partial charge in [-0.3, -0.25) is 14.9 Å². The number of imide groups is 2. The second-order valence-electron chi connectivity index (χ2n) is 7.87. The Morgan fingerprint density at radius 1 is 1.00 bits per heavy atom. The Morgan fingerprint density at radius 3 is 2.32 bits per heavy atom. The highest BCUT2D eigenvalue weighted by molar-refractivity contribution is 9.10. The van der Waals surface area contributed by atoms with Gasteiger partial charge in [0.05, 0.1) is 22.3 Å². The first-order chi connectivity index (χ1) is 17.8. The number of carbonyl (C=O) groups is 4. The van der Waals surface area contributed by atoms with Crippen LogP contribution in [-0.4, -0.2) is 35.5 Å². The van der Waals surface area contributed by atoms with Crippen LogP contribution in [0.1, 0.15) is 28.4 Å². The molecule has 0 saturated carbocycles. The number of barbiturate groups is 1. The average molecular weight is 565 g/mol. The molecule has 0 aromatic heterocycles. The van der Waals surface area contributed by atoms with Gasteiger partial charge in [0.2, 0.25) is 0 Å². The van der Waals surface area contributed by atoms with E-state index in [1.807, 2.05) is 6.92 Å². The van der Waals surface area contributed by atoms with Crippen LogP contribution in [-0.2, 0) is 16.2 Å². The maximum Gasteiger partial charge on any atom is 0.335 e. The van der Waals surface area contributed by atoms with E-state index in [4.69, 9.17) is 14.6 Å².